The molecule has 0 aromatic heterocycles. The van der Waals surface area contributed by atoms with E-state index < -0.39 is 35.5 Å². The molecule has 0 spiro atoms. The van der Waals surface area contributed by atoms with Crippen molar-refractivity contribution in [3.8, 4) is 0 Å². The number of nitrogens with one attached hydrogen (secondary N) is 1. The van der Waals surface area contributed by atoms with Gasteiger partial charge in [0.15, 0.2) is 0 Å². The molecule has 0 heterocycles. The summed E-state index contributed by atoms with van der Waals surface area (Å²) in [6.07, 6.45) is -3.51. The summed E-state index contributed by atoms with van der Waals surface area (Å²) in [5.74, 6) is -2.81. The first-order chi connectivity index (χ1) is 9.29. The number of carboxylic acids is 1. The minimum Gasteiger partial charge on any atom is -0.481 e. The van der Waals surface area contributed by atoms with Crippen LogP contribution in [0.2, 0.25) is 0 Å². The number of hydrogen-bond donors (Lipinski definition) is 2. The van der Waals surface area contributed by atoms with E-state index in [1.54, 1.807) is 0 Å². The fourth-order valence-corrected chi connectivity index (χ4v) is 2.09. The van der Waals surface area contributed by atoms with Gasteiger partial charge in [0.05, 0.1) is 17.4 Å². The van der Waals surface area contributed by atoms with Crippen molar-refractivity contribution in [1.82, 2.24) is 0 Å². The fraction of sp³-hybridized carbons (Fsp3) is 0.385. The molecule has 4 nitrogen and oxygen atoms in total. The second-order valence-corrected chi connectivity index (χ2v) is 4.69. The van der Waals surface area contributed by atoms with Crippen molar-refractivity contribution in [1.29, 1.82) is 0 Å². The van der Waals surface area contributed by atoms with Crippen molar-refractivity contribution < 1.29 is 27.9 Å². The molecule has 20 heavy (non-hydrogen) atoms. The zero-order chi connectivity index (χ0) is 14.9. The smallest absolute Gasteiger partial charge is 0.416 e. The van der Waals surface area contributed by atoms with Crippen LogP contribution in [-0.2, 0) is 15.8 Å². The summed E-state index contributed by atoms with van der Waals surface area (Å²) in [5.41, 5.74) is -0.582. The zero-order valence-electron chi connectivity index (χ0n) is 10.3. The van der Waals surface area contributed by atoms with Crippen LogP contribution in [0.5, 0.6) is 0 Å². The van der Waals surface area contributed by atoms with Crippen LogP contribution in [0, 0.1) is 11.8 Å². The molecule has 1 amide bonds. The van der Waals surface area contributed by atoms with E-state index in [4.69, 9.17) is 5.11 Å². The minimum absolute atomic E-state index is 0.221. The van der Waals surface area contributed by atoms with Crippen molar-refractivity contribution in [2.24, 2.45) is 11.8 Å². The molecule has 0 radical (unpaired) electrons. The lowest BCUT2D eigenvalue weighted by Crippen LogP contribution is -2.41. The number of carbonyl (C=O) groups is 2. The predicted molar refractivity (Wildman–Crippen MR) is 63.9 cm³/mol. The number of carbonyl (C=O) groups excluding carboxylic acids is 1. The van der Waals surface area contributed by atoms with Crippen molar-refractivity contribution in [2.75, 3.05) is 5.32 Å². The standard InChI is InChI=1S/C13H12F3NO3/c14-13(15,16)7-1-3-8(4-2-7)17-11(18)9-5-6-10(9)12(19)20/h1-4,9-10H,5-6H2,(H,17,18)(H,19,20). The molecule has 0 bridgehead atoms. The summed E-state index contributed by atoms with van der Waals surface area (Å²) in [7, 11) is 0. The van der Waals surface area contributed by atoms with Crippen molar-refractivity contribution in [2.45, 2.75) is 19.0 Å². The number of hydrogen-bond acceptors (Lipinski definition) is 2. The SMILES string of the molecule is O=C(O)C1CCC1C(=O)Nc1ccc(C(F)(F)F)cc1. The molecule has 1 saturated carbocycles. The van der Waals surface area contributed by atoms with E-state index in [2.05, 4.69) is 5.32 Å². The third-order valence-electron chi connectivity index (χ3n) is 3.41. The summed E-state index contributed by atoms with van der Waals surface area (Å²) in [4.78, 5) is 22.6. The molecule has 108 valence electrons. The Labute approximate surface area is 112 Å². The maximum Gasteiger partial charge on any atom is 0.416 e. The van der Waals surface area contributed by atoms with Crippen LogP contribution in [0.3, 0.4) is 0 Å². The topological polar surface area (TPSA) is 66.4 Å². The molecule has 0 saturated heterocycles. The Morgan fingerprint density at radius 3 is 2.05 bits per heavy atom. The molecule has 2 atom stereocenters. The van der Waals surface area contributed by atoms with E-state index in [1.807, 2.05) is 0 Å². The largest absolute Gasteiger partial charge is 0.481 e. The van der Waals surface area contributed by atoms with Crippen LogP contribution >= 0.6 is 0 Å². The molecule has 2 rings (SSSR count). The Hall–Kier alpha value is -2.05. The van der Waals surface area contributed by atoms with Gasteiger partial charge in [-0.3, -0.25) is 9.59 Å². The highest BCUT2D eigenvalue weighted by Gasteiger charge is 2.41. The maximum atomic E-state index is 12.4. The summed E-state index contributed by atoms with van der Waals surface area (Å²) in [6, 6.07) is 4.03. The van der Waals surface area contributed by atoms with Crippen LogP contribution in [0.1, 0.15) is 18.4 Å². The van der Waals surface area contributed by atoms with Gasteiger partial charge >= 0.3 is 12.1 Å². The van der Waals surface area contributed by atoms with E-state index in [9.17, 15) is 22.8 Å². The van der Waals surface area contributed by atoms with Crippen LogP contribution in [0.15, 0.2) is 24.3 Å². The third kappa shape index (κ3) is 2.92. The molecule has 7 heteroatoms. The number of halogens is 3. The Bertz CT molecular complexity index is 525. The van der Waals surface area contributed by atoms with E-state index in [1.165, 1.54) is 0 Å². The molecular weight excluding hydrogens is 275 g/mol. The van der Waals surface area contributed by atoms with Gasteiger partial charge in [-0.05, 0) is 37.1 Å². The molecule has 1 aromatic rings. The normalized spacial score (nSPS) is 21.9. The molecule has 1 aliphatic rings. The monoisotopic (exact) mass is 287 g/mol. The van der Waals surface area contributed by atoms with E-state index >= 15 is 0 Å². The second kappa shape index (κ2) is 5.15. The Morgan fingerprint density at radius 1 is 1.10 bits per heavy atom. The number of alkyl halides is 3. The summed E-state index contributed by atoms with van der Waals surface area (Å²) < 4.78 is 37.1. The third-order valence-corrected chi connectivity index (χ3v) is 3.41. The molecule has 1 aromatic carbocycles. The molecule has 1 aliphatic carbocycles. The lowest BCUT2D eigenvalue weighted by Gasteiger charge is -2.31. The number of carboxylic acid groups (broad SMARTS) is 1. The summed E-state index contributed by atoms with van der Waals surface area (Å²) in [5, 5.41) is 11.3. The highest BCUT2D eigenvalue weighted by Crippen LogP contribution is 2.35. The first-order valence-electron chi connectivity index (χ1n) is 6.00. The van der Waals surface area contributed by atoms with Gasteiger partial charge in [0, 0.05) is 5.69 Å². The van der Waals surface area contributed by atoms with Gasteiger partial charge in [0.2, 0.25) is 5.91 Å². The van der Waals surface area contributed by atoms with E-state index in [-0.39, 0.29) is 5.69 Å². The quantitative estimate of drug-likeness (QED) is 0.898. The van der Waals surface area contributed by atoms with Gasteiger partial charge < -0.3 is 10.4 Å². The van der Waals surface area contributed by atoms with E-state index in [0.29, 0.717) is 12.8 Å². The van der Waals surface area contributed by atoms with Gasteiger partial charge in [-0.25, -0.2) is 0 Å². The number of benzene rings is 1. The fourth-order valence-electron chi connectivity index (χ4n) is 2.09. The van der Waals surface area contributed by atoms with Gasteiger partial charge in [-0.15, -0.1) is 0 Å². The van der Waals surface area contributed by atoms with Crippen LogP contribution in [0.25, 0.3) is 0 Å². The number of amides is 1. The zero-order valence-corrected chi connectivity index (χ0v) is 10.3. The summed E-state index contributed by atoms with van der Waals surface area (Å²) in [6.45, 7) is 0. The predicted octanol–water partition coefficient (Wildman–Crippen LogP) is 2.75. The Morgan fingerprint density at radius 2 is 1.65 bits per heavy atom. The molecule has 2 unspecified atom stereocenters. The average molecular weight is 287 g/mol. The van der Waals surface area contributed by atoms with Gasteiger partial charge in [-0.1, -0.05) is 0 Å². The highest BCUT2D eigenvalue weighted by molar-refractivity contribution is 5.96. The van der Waals surface area contributed by atoms with Crippen LogP contribution < -0.4 is 5.32 Å². The Balaban J connectivity index is 2.00. The molecule has 2 N–H and O–H groups in total. The van der Waals surface area contributed by atoms with Crippen molar-refractivity contribution in [3.63, 3.8) is 0 Å². The number of anilines is 1. The Kier molecular flexibility index (Phi) is 3.69. The average Bonchev–Trinajstić information content (AvgIpc) is 2.25. The van der Waals surface area contributed by atoms with Gasteiger partial charge in [0.25, 0.3) is 0 Å². The summed E-state index contributed by atoms with van der Waals surface area (Å²) >= 11 is 0. The lowest BCUT2D eigenvalue weighted by atomic mass is 9.73. The van der Waals surface area contributed by atoms with Crippen LogP contribution in [-0.4, -0.2) is 17.0 Å². The number of rotatable bonds is 3. The van der Waals surface area contributed by atoms with Crippen molar-refractivity contribution in [3.05, 3.63) is 29.8 Å². The van der Waals surface area contributed by atoms with Crippen LogP contribution in [0.4, 0.5) is 18.9 Å². The first-order valence-corrected chi connectivity index (χ1v) is 6.00. The van der Waals surface area contributed by atoms with E-state index in [0.717, 1.165) is 24.3 Å². The van der Waals surface area contributed by atoms with Gasteiger partial charge in [0.1, 0.15) is 0 Å². The number of aliphatic carboxylic acids is 1. The molecule has 1 fully saturated rings. The highest BCUT2D eigenvalue weighted by atomic mass is 19.4. The minimum atomic E-state index is -4.43. The molecule has 0 aliphatic heterocycles. The second-order valence-electron chi connectivity index (χ2n) is 4.69. The first kappa shape index (κ1) is 14.4. The molecular formula is C13H12F3NO3. The lowest BCUT2D eigenvalue weighted by molar-refractivity contribution is -0.151. The van der Waals surface area contributed by atoms with Gasteiger partial charge in [-0.2, -0.15) is 13.2 Å². The van der Waals surface area contributed by atoms with Crippen molar-refractivity contribution >= 4 is 17.6 Å². The maximum absolute atomic E-state index is 12.4.